The lowest BCUT2D eigenvalue weighted by Crippen LogP contribution is -2.60. The van der Waals surface area contributed by atoms with Crippen LogP contribution in [0, 0.1) is 23.0 Å². The molecule has 184 valence electrons. The van der Waals surface area contributed by atoms with Gasteiger partial charge >= 0.3 is 0 Å². The van der Waals surface area contributed by atoms with Gasteiger partial charge in [0.2, 0.25) is 5.91 Å². The molecule has 0 spiro atoms. The van der Waals surface area contributed by atoms with E-state index in [1.807, 2.05) is 24.3 Å². The van der Waals surface area contributed by atoms with E-state index in [-0.39, 0.29) is 35.0 Å². The molecule has 6 heteroatoms. The summed E-state index contributed by atoms with van der Waals surface area (Å²) < 4.78 is 27.4. The van der Waals surface area contributed by atoms with E-state index < -0.39 is 0 Å². The van der Waals surface area contributed by atoms with Gasteiger partial charge in [0, 0.05) is 32.1 Å². The lowest BCUT2D eigenvalue weighted by Gasteiger charge is -2.49. The minimum absolute atomic E-state index is 0.0545. The Balaban J connectivity index is 1.59. The second kappa shape index (κ2) is 10.5. The Kier molecular flexibility index (Phi) is 7.68. The average Bonchev–Trinajstić information content (AvgIpc) is 2.82. The third-order valence-electron chi connectivity index (χ3n) is 7.39. The Morgan fingerprint density at radius 3 is 1.97 bits per heavy atom. The number of nitrogens with one attached hydrogen (secondary N) is 1. The van der Waals surface area contributed by atoms with Crippen LogP contribution in [-0.2, 0) is 4.79 Å². The van der Waals surface area contributed by atoms with Crippen molar-refractivity contribution >= 4 is 5.91 Å². The summed E-state index contributed by atoms with van der Waals surface area (Å²) >= 11 is 0. The fraction of sp³-hybridized carbons (Fsp3) is 0.536. The molecular weight excluding hydrogens is 432 g/mol. The standard InChI is InChI=1S/C28H37F2N3O/c1-28(2,3)25-19-32(16-17-33(25)26(34)18-20-12-14-31-15-13-20)27(21-4-8-23(29)9-5-21)22-6-10-24(30)11-7-22/h4-11,20,25,27,31H,12-19H2,1-3H3/t25-/m1/s1. The number of amides is 1. The van der Waals surface area contributed by atoms with E-state index >= 15 is 0 Å². The molecule has 2 heterocycles. The van der Waals surface area contributed by atoms with Gasteiger partial charge in [0.15, 0.2) is 0 Å². The molecule has 2 aromatic rings. The fourth-order valence-corrected chi connectivity index (χ4v) is 5.43. The van der Waals surface area contributed by atoms with Gasteiger partial charge < -0.3 is 10.2 Å². The van der Waals surface area contributed by atoms with Crippen LogP contribution in [0.4, 0.5) is 8.78 Å². The maximum Gasteiger partial charge on any atom is 0.223 e. The molecule has 4 rings (SSSR count). The van der Waals surface area contributed by atoms with Crippen LogP contribution in [-0.4, -0.2) is 54.5 Å². The normalized spacial score (nSPS) is 20.6. The Labute approximate surface area is 202 Å². The van der Waals surface area contributed by atoms with Crippen molar-refractivity contribution in [2.24, 2.45) is 11.3 Å². The number of rotatable bonds is 5. The van der Waals surface area contributed by atoms with Crippen molar-refractivity contribution in [1.29, 1.82) is 0 Å². The number of halogens is 2. The molecule has 0 aromatic heterocycles. The summed E-state index contributed by atoms with van der Waals surface area (Å²) in [6.07, 6.45) is 2.74. The fourth-order valence-electron chi connectivity index (χ4n) is 5.43. The van der Waals surface area contributed by atoms with Crippen molar-refractivity contribution in [2.75, 3.05) is 32.7 Å². The number of carbonyl (C=O) groups excluding carboxylic acids is 1. The Hall–Kier alpha value is -2.31. The van der Waals surface area contributed by atoms with E-state index in [0.29, 0.717) is 32.0 Å². The van der Waals surface area contributed by atoms with Gasteiger partial charge in [-0.1, -0.05) is 45.0 Å². The van der Waals surface area contributed by atoms with Crippen molar-refractivity contribution in [3.63, 3.8) is 0 Å². The number of hydrogen-bond donors (Lipinski definition) is 1. The van der Waals surface area contributed by atoms with Crippen LogP contribution in [0.15, 0.2) is 48.5 Å². The van der Waals surface area contributed by atoms with Gasteiger partial charge in [-0.2, -0.15) is 0 Å². The molecule has 1 atom stereocenters. The maximum atomic E-state index is 13.7. The van der Waals surface area contributed by atoms with Gasteiger partial charge in [-0.15, -0.1) is 0 Å². The molecular formula is C28H37F2N3O. The third kappa shape index (κ3) is 5.84. The summed E-state index contributed by atoms with van der Waals surface area (Å²) in [6.45, 7) is 10.6. The molecule has 0 radical (unpaired) electrons. The molecule has 0 aliphatic carbocycles. The smallest absolute Gasteiger partial charge is 0.223 e. The lowest BCUT2D eigenvalue weighted by atomic mass is 9.82. The highest BCUT2D eigenvalue weighted by Gasteiger charge is 2.40. The van der Waals surface area contributed by atoms with Crippen molar-refractivity contribution in [1.82, 2.24) is 15.1 Å². The second-order valence-corrected chi connectivity index (χ2v) is 10.9. The highest BCUT2D eigenvalue weighted by Crippen LogP contribution is 2.36. The first kappa shape index (κ1) is 24.8. The number of hydrogen-bond acceptors (Lipinski definition) is 3. The zero-order valence-corrected chi connectivity index (χ0v) is 20.6. The second-order valence-electron chi connectivity index (χ2n) is 10.9. The summed E-state index contributed by atoms with van der Waals surface area (Å²) in [6, 6.07) is 13.1. The SMILES string of the molecule is CC(C)(C)[C@H]1CN(C(c2ccc(F)cc2)c2ccc(F)cc2)CCN1C(=O)CC1CCNCC1. The van der Waals surface area contributed by atoms with E-state index in [4.69, 9.17) is 0 Å². The van der Waals surface area contributed by atoms with E-state index in [2.05, 4.69) is 35.9 Å². The van der Waals surface area contributed by atoms with Crippen molar-refractivity contribution < 1.29 is 13.6 Å². The molecule has 2 fully saturated rings. The highest BCUT2D eigenvalue weighted by molar-refractivity contribution is 5.77. The Morgan fingerprint density at radius 2 is 1.47 bits per heavy atom. The minimum Gasteiger partial charge on any atom is -0.337 e. The Morgan fingerprint density at radius 1 is 0.941 bits per heavy atom. The minimum atomic E-state index is -0.275. The van der Waals surface area contributed by atoms with Crippen LogP contribution in [0.25, 0.3) is 0 Å². The quantitative estimate of drug-likeness (QED) is 0.669. The first-order valence-electron chi connectivity index (χ1n) is 12.5. The number of nitrogens with zero attached hydrogens (tertiary/aromatic N) is 2. The lowest BCUT2D eigenvalue weighted by molar-refractivity contribution is -0.141. The molecule has 2 saturated heterocycles. The molecule has 2 aromatic carbocycles. The van der Waals surface area contributed by atoms with E-state index in [0.717, 1.165) is 37.1 Å². The van der Waals surface area contributed by atoms with Crippen LogP contribution in [0.1, 0.15) is 57.2 Å². The molecule has 0 saturated carbocycles. The number of piperazine rings is 1. The molecule has 4 nitrogen and oxygen atoms in total. The maximum absolute atomic E-state index is 13.7. The van der Waals surface area contributed by atoms with E-state index in [9.17, 15) is 13.6 Å². The van der Waals surface area contributed by atoms with E-state index in [1.165, 1.54) is 24.3 Å². The van der Waals surface area contributed by atoms with Crippen molar-refractivity contribution in [2.45, 2.75) is 52.1 Å². The number of carbonyl (C=O) groups is 1. The first-order valence-corrected chi connectivity index (χ1v) is 12.5. The monoisotopic (exact) mass is 469 g/mol. The van der Waals surface area contributed by atoms with Gasteiger partial charge in [-0.05, 0) is 72.7 Å². The van der Waals surface area contributed by atoms with Crippen molar-refractivity contribution in [3.8, 4) is 0 Å². The average molecular weight is 470 g/mol. The topological polar surface area (TPSA) is 35.6 Å². The summed E-state index contributed by atoms with van der Waals surface area (Å²) in [5.74, 6) is 0.162. The van der Waals surface area contributed by atoms with Crippen LogP contribution in [0.2, 0.25) is 0 Å². The number of benzene rings is 2. The number of piperidine rings is 1. The molecule has 0 unspecified atom stereocenters. The summed E-state index contributed by atoms with van der Waals surface area (Å²) in [5.41, 5.74) is 1.84. The summed E-state index contributed by atoms with van der Waals surface area (Å²) in [7, 11) is 0. The Bertz CT molecular complexity index is 904. The predicted octanol–water partition coefficient (Wildman–Crippen LogP) is 5.00. The van der Waals surface area contributed by atoms with Gasteiger partial charge in [0.1, 0.15) is 11.6 Å². The molecule has 2 aliphatic rings. The molecule has 34 heavy (non-hydrogen) atoms. The van der Waals surface area contributed by atoms with E-state index in [1.54, 1.807) is 0 Å². The molecule has 2 aliphatic heterocycles. The summed E-state index contributed by atoms with van der Waals surface area (Å²) in [4.78, 5) is 17.9. The molecule has 1 N–H and O–H groups in total. The van der Waals surface area contributed by atoms with Crippen LogP contribution >= 0.6 is 0 Å². The van der Waals surface area contributed by atoms with Crippen molar-refractivity contribution in [3.05, 3.63) is 71.3 Å². The van der Waals surface area contributed by atoms with Crippen LogP contribution in [0.3, 0.4) is 0 Å². The van der Waals surface area contributed by atoms with Gasteiger partial charge in [-0.3, -0.25) is 9.69 Å². The van der Waals surface area contributed by atoms with Gasteiger partial charge in [0.25, 0.3) is 0 Å². The van der Waals surface area contributed by atoms with Crippen LogP contribution < -0.4 is 5.32 Å². The molecule has 1 amide bonds. The molecule has 0 bridgehead atoms. The zero-order chi connectivity index (χ0) is 24.3. The largest absolute Gasteiger partial charge is 0.337 e. The first-order chi connectivity index (χ1) is 16.2. The highest BCUT2D eigenvalue weighted by atomic mass is 19.1. The predicted molar refractivity (Wildman–Crippen MR) is 131 cm³/mol. The zero-order valence-electron chi connectivity index (χ0n) is 20.6. The van der Waals surface area contributed by atoms with Gasteiger partial charge in [-0.25, -0.2) is 8.78 Å². The summed E-state index contributed by atoms with van der Waals surface area (Å²) in [5, 5.41) is 3.38. The van der Waals surface area contributed by atoms with Crippen LogP contribution in [0.5, 0.6) is 0 Å². The van der Waals surface area contributed by atoms with Gasteiger partial charge in [0.05, 0.1) is 6.04 Å². The third-order valence-corrected chi connectivity index (χ3v) is 7.39.